The van der Waals surface area contributed by atoms with E-state index in [1.807, 2.05) is 0 Å². The topological polar surface area (TPSA) is 127 Å². The second-order valence-electron chi connectivity index (χ2n) is 5.23. The summed E-state index contributed by atoms with van der Waals surface area (Å²) in [6.07, 6.45) is 2.56. The van der Waals surface area contributed by atoms with Crippen LogP contribution in [0.3, 0.4) is 0 Å². The zero-order chi connectivity index (χ0) is 14.8. The molecule has 3 rings (SSSR count). The molecule has 2 atom stereocenters. The molecule has 0 spiro atoms. The third-order valence-corrected chi connectivity index (χ3v) is 3.72. The maximum atomic E-state index is 12.0. The number of amides is 1. The number of hydrogen-bond acceptors (Lipinski definition) is 7. The Labute approximate surface area is 119 Å². The number of rotatable bonds is 4. The SMILES string of the molecule is Cc1nonc1CC(=O)NC1CCC(c2noc(=O)[nH]2)C1. The minimum absolute atomic E-state index is 0.0582. The summed E-state index contributed by atoms with van der Waals surface area (Å²) >= 11 is 0. The molecule has 2 aromatic rings. The van der Waals surface area contributed by atoms with Gasteiger partial charge in [-0.05, 0) is 26.2 Å². The summed E-state index contributed by atoms with van der Waals surface area (Å²) in [6, 6.07) is 0.0582. The smallest absolute Gasteiger partial charge is 0.353 e. The van der Waals surface area contributed by atoms with Gasteiger partial charge in [-0.25, -0.2) is 9.42 Å². The molecule has 2 unspecified atom stereocenters. The monoisotopic (exact) mass is 293 g/mol. The summed E-state index contributed by atoms with van der Waals surface area (Å²) < 4.78 is 9.06. The molecule has 112 valence electrons. The summed E-state index contributed by atoms with van der Waals surface area (Å²) in [5.41, 5.74) is 1.16. The van der Waals surface area contributed by atoms with E-state index in [9.17, 15) is 9.59 Å². The van der Waals surface area contributed by atoms with Crippen LogP contribution < -0.4 is 11.1 Å². The predicted octanol–water partition coefficient (Wildman–Crippen LogP) is 0.0493. The van der Waals surface area contributed by atoms with Gasteiger partial charge >= 0.3 is 5.76 Å². The Morgan fingerprint density at radius 2 is 2.24 bits per heavy atom. The number of aromatic nitrogens is 4. The van der Waals surface area contributed by atoms with E-state index in [1.54, 1.807) is 6.92 Å². The van der Waals surface area contributed by atoms with Gasteiger partial charge in [0.15, 0.2) is 5.82 Å². The standard InChI is InChI=1S/C12H15N5O4/c1-6-9(16-21-15-6)5-10(18)13-8-3-2-7(4-8)11-14-12(19)20-17-11/h7-8H,2-5H2,1H3,(H,13,18)(H,14,17,19). The van der Waals surface area contributed by atoms with Gasteiger partial charge in [-0.1, -0.05) is 15.5 Å². The quantitative estimate of drug-likeness (QED) is 0.815. The lowest BCUT2D eigenvalue weighted by atomic mass is 10.1. The zero-order valence-electron chi connectivity index (χ0n) is 11.5. The number of hydrogen-bond donors (Lipinski definition) is 2. The molecule has 1 aliphatic carbocycles. The van der Waals surface area contributed by atoms with Gasteiger partial charge in [0.1, 0.15) is 11.4 Å². The van der Waals surface area contributed by atoms with Gasteiger partial charge in [0.05, 0.1) is 6.42 Å². The lowest BCUT2D eigenvalue weighted by molar-refractivity contribution is -0.121. The van der Waals surface area contributed by atoms with Gasteiger partial charge in [0, 0.05) is 12.0 Å². The van der Waals surface area contributed by atoms with Crippen LogP contribution in [0, 0.1) is 6.92 Å². The minimum Gasteiger partial charge on any atom is -0.353 e. The Bertz CT molecular complexity index is 688. The third kappa shape index (κ3) is 3.01. The maximum absolute atomic E-state index is 12.0. The number of carbonyl (C=O) groups is 1. The van der Waals surface area contributed by atoms with Crippen molar-refractivity contribution in [2.75, 3.05) is 0 Å². The largest absolute Gasteiger partial charge is 0.438 e. The highest BCUT2D eigenvalue weighted by molar-refractivity contribution is 5.78. The minimum atomic E-state index is -0.550. The number of aryl methyl sites for hydroxylation is 1. The van der Waals surface area contributed by atoms with E-state index < -0.39 is 5.76 Å². The average molecular weight is 293 g/mol. The van der Waals surface area contributed by atoms with Gasteiger partial charge in [-0.3, -0.25) is 14.3 Å². The predicted molar refractivity (Wildman–Crippen MR) is 68.4 cm³/mol. The first kappa shape index (κ1) is 13.5. The molecular weight excluding hydrogens is 278 g/mol. The second kappa shape index (κ2) is 5.51. The Morgan fingerprint density at radius 1 is 1.38 bits per heavy atom. The molecule has 9 heteroatoms. The van der Waals surface area contributed by atoms with Crippen LogP contribution in [0.15, 0.2) is 13.9 Å². The summed E-state index contributed by atoms with van der Waals surface area (Å²) in [7, 11) is 0. The summed E-state index contributed by atoms with van der Waals surface area (Å²) in [4.78, 5) is 25.5. The van der Waals surface area contributed by atoms with Gasteiger partial charge < -0.3 is 5.32 Å². The van der Waals surface area contributed by atoms with Gasteiger partial charge in [-0.2, -0.15) is 0 Å². The first-order valence-corrected chi connectivity index (χ1v) is 6.75. The molecule has 0 aliphatic heterocycles. The molecule has 2 heterocycles. The van der Waals surface area contributed by atoms with Crippen LogP contribution in [0.1, 0.15) is 42.4 Å². The van der Waals surface area contributed by atoms with Crippen molar-refractivity contribution in [3.8, 4) is 0 Å². The summed E-state index contributed by atoms with van der Waals surface area (Å²) in [6.45, 7) is 1.74. The molecule has 9 nitrogen and oxygen atoms in total. The van der Waals surface area contributed by atoms with Crippen molar-refractivity contribution in [3.05, 3.63) is 27.8 Å². The van der Waals surface area contributed by atoms with E-state index in [1.165, 1.54) is 0 Å². The normalized spacial score (nSPS) is 21.6. The molecule has 0 bridgehead atoms. The number of nitrogens with one attached hydrogen (secondary N) is 2. The Balaban J connectivity index is 1.54. The molecule has 1 aliphatic rings. The van der Waals surface area contributed by atoms with Crippen LogP contribution in [-0.4, -0.2) is 32.4 Å². The number of H-pyrrole nitrogens is 1. The van der Waals surface area contributed by atoms with Crippen molar-refractivity contribution >= 4 is 5.91 Å². The second-order valence-corrected chi connectivity index (χ2v) is 5.23. The fourth-order valence-corrected chi connectivity index (χ4v) is 2.62. The van der Waals surface area contributed by atoms with Crippen LogP contribution in [0.25, 0.3) is 0 Å². The first-order valence-electron chi connectivity index (χ1n) is 6.75. The molecular formula is C12H15N5O4. The van der Waals surface area contributed by atoms with E-state index in [0.717, 1.165) is 19.3 Å². The fourth-order valence-electron chi connectivity index (χ4n) is 2.62. The highest BCUT2D eigenvalue weighted by Gasteiger charge is 2.29. The highest BCUT2D eigenvalue weighted by Crippen LogP contribution is 2.32. The zero-order valence-corrected chi connectivity index (χ0v) is 11.5. The van der Waals surface area contributed by atoms with E-state index in [2.05, 4.69) is 34.9 Å². The van der Waals surface area contributed by atoms with E-state index in [4.69, 9.17) is 0 Å². The molecule has 1 fully saturated rings. The van der Waals surface area contributed by atoms with Crippen molar-refractivity contribution in [3.63, 3.8) is 0 Å². The summed E-state index contributed by atoms with van der Waals surface area (Å²) in [5.74, 6) is -0.00918. The molecule has 1 saturated carbocycles. The molecule has 21 heavy (non-hydrogen) atoms. The Kier molecular flexibility index (Phi) is 3.55. The number of nitrogens with zero attached hydrogens (tertiary/aromatic N) is 3. The molecule has 1 amide bonds. The van der Waals surface area contributed by atoms with E-state index in [0.29, 0.717) is 17.2 Å². The van der Waals surface area contributed by atoms with Crippen LogP contribution in [-0.2, 0) is 11.2 Å². The lowest BCUT2D eigenvalue weighted by Crippen LogP contribution is -2.34. The molecule has 0 aromatic carbocycles. The Hall–Kier alpha value is -2.45. The van der Waals surface area contributed by atoms with Crippen LogP contribution >= 0.6 is 0 Å². The van der Waals surface area contributed by atoms with Gasteiger partial charge in [-0.15, -0.1) is 0 Å². The average Bonchev–Trinajstić information content (AvgIpc) is 3.13. The molecule has 0 saturated heterocycles. The lowest BCUT2D eigenvalue weighted by Gasteiger charge is -2.11. The molecule has 2 aromatic heterocycles. The maximum Gasteiger partial charge on any atom is 0.438 e. The molecule has 0 radical (unpaired) electrons. The van der Waals surface area contributed by atoms with E-state index in [-0.39, 0.29) is 24.3 Å². The van der Waals surface area contributed by atoms with Crippen LogP contribution in [0.2, 0.25) is 0 Å². The van der Waals surface area contributed by atoms with Gasteiger partial charge in [0.25, 0.3) is 0 Å². The number of aromatic amines is 1. The first-order chi connectivity index (χ1) is 10.1. The van der Waals surface area contributed by atoms with Crippen LogP contribution in [0.5, 0.6) is 0 Å². The number of carbonyl (C=O) groups excluding carboxylic acids is 1. The van der Waals surface area contributed by atoms with E-state index >= 15 is 0 Å². The molecule has 2 N–H and O–H groups in total. The third-order valence-electron chi connectivity index (χ3n) is 3.72. The van der Waals surface area contributed by atoms with Crippen molar-refractivity contribution in [2.45, 2.75) is 44.6 Å². The summed E-state index contributed by atoms with van der Waals surface area (Å²) in [5, 5.41) is 14.0. The highest BCUT2D eigenvalue weighted by atomic mass is 16.6. The van der Waals surface area contributed by atoms with Crippen LogP contribution in [0.4, 0.5) is 0 Å². The fraction of sp³-hybridized carbons (Fsp3) is 0.583. The van der Waals surface area contributed by atoms with Crippen molar-refractivity contribution in [2.24, 2.45) is 0 Å². The van der Waals surface area contributed by atoms with Crippen molar-refractivity contribution in [1.82, 2.24) is 25.8 Å². The van der Waals surface area contributed by atoms with Gasteiger partial charge in [0.2, 0.25) is 5.91 Å². The van der Waals surface area contributed by atoms with Crippen molar-refractivity contribution < 1.29 is 13.9 Å². The van der Waals surface area contributed by atoms with Crippen molar-refractivity contribution in [1.29, 1.82) is 0 Å². The Morgan fingerprint density at radius 3 is 2.90 bits per heavy atom.